The highest BCUT2D eigenvalue weighted by molar-refractivity contribution is 8.22. The van der Waals surface area contributed by atoms with Crippen molar-refractivity contribution < 1.29 is 0 Å². The van der Waals surface area contributed by atoms with Gasteiger partial charge in [-0.3, -0.25) is 0 Å². The number of nitrogens with one attached hydrogen (secondary N) is 2. The summed E-state index contributed by atoms with van der Waals surface area (Å²) in [6, 6.07) is 3.65. The highest BCUT2D eigenvalue weighted by Gasteiger charge is 2.08. The van der Waals surface area contributed by atoms with Gasteiger partial charge in [0.15, 0.2) is 0 Å². The molecule has 0 radical (unpaired) electrons. The summed E-state index contributed by atoms with van der Waals surface area (Å²) in [6.07, 6.45) is 4.79. The third-order valence-corrected chi connectivity index (χ3v) is 4.30. The minimum Gasteiger partial charge on any atom is -0.371 e. The minimum atomic E-state index is 0. The predicted molar refractivity (Wildman–Crippen MR) is 92.9 cm³/mol. The Morgan fingerprint density at radius 2 is 2.16 bits per heavy atom. The van der Waals surface area contributed by atoms with Gasteiger partial charge in [0.1, 0.15) is 4.32 Å². The average Bonchev–Trinajstić information content (AvgIpc) is 2.72. The summed E-state index contributed by atoms with van der Waals surface area (Å²) in [4.78, 5) is 3.19. The lowest BCUT2D eigenvalue weighted by molar-refractivity contribution is 0.887. The van der Waals surface area contributed by atoms with Crippen molar-refractivity contribution >= 4 is 62.4 Å². The second-order valence-electron chi connectivity index (χ2n) is 3.79. The molecule has 0 fully saturated rings. The van der Waals surface area contributed by atoms with Crippen LogP contribution < -0.4 is 5.32 Å². The molecule has 104 valence electrons. The highest BCUT2D eigenvalue weighted by atomic mass is 35.5. The molecule has 6 heteroatoms. The van der Waals surface area contributed by atoms with Gasteiger partial charge in [0.2, 0.25) is 0 Å². The summed E-state index contributed by atoms with van der Waals surface area (Å²) < 4.78 is 0.809. The molecule has 1 heterocycles. The number of fused-ring (bicyclic) bond motifs is 1. The molecule has 0 unspecified atom stereocenters. The maximum Gasteiger partial charge on any atom is 0.133 e. The average molecular weight is 335 g/mol. The first-order valence-electron chi connectivity index (χ1n) is 5.38. The van der Waals surface area contributed by atoms with Gasteiger partial charge in [0.25, 0.3) is 0 Å². The van der Waals surface area contributed by atoms with Crippen molar-refractivity contribution in [2.24, 2.45) is 0 Å². The number of thiocarbonyl (C=S) groups is 1. The first-order chi connectivity index (χ1) is 8.61. The molecule has 2 N–H and O–H groups in total. The standard InChI is InChI=1S/C12H12Cl2N2S2.CH4/c1-18-12(17)15-3-2-7-6-16-10-5-8(13)4-9(14)11(7)10;/h4-6,16H,2-3H2,1H3,(H,15,17);1H4. The number of thioether (sulfide) groups is 1. The number of H-pyrrole nitrogens is 1. The molecule has 0 bridgehead atoms. The smallest absolute Gasteiger partial charge is 0.133 e. The van der Waals surface area contributed by atoms with Crippen LogP contribution in [0.2, 0.25) is 10.0 Å². The molecule has 2 aromatic rings. The van der Waals surface area contributed by atoms with Gasteiger partial charge in [-0.1, -0.05) is 42.8 Å². The molecule has 0 aliphatic carbocycles. The van der Waals surface area contributed by atoms with Crippen molar-refractivity contribution in [1.29, 1.82) is 0 Å². The van der Waals surface area contributed by atoms with Gasteiger partial charge in [0, 0.05) is 28.7 Å². The summed E-state index contributed by atoms with van der Waals surface area (Å²) in [7, 11) is 0. The van der Waals surface area contributed by atoms with Crippen LogP contribution >= 0.6 is 47.2 Å². The van der Waals surface area contributed by atoms with Crippen LogP contribution in [0.5, 0.6) is 0 Å². The van der Waals surface area contributed by atoms with Crippen molar-refractivity contribution in [3.63, 3.8) is 0 Å². The Hall–Kier alpha value is -0.420. The van der Waals surface area contributed by atoms with Gasteiger partial charge in [-0.05, 0) is 30.4 Å². The number of aromatic amines is 1. The van der Waals surface area contributed by atoms with E-state index in [0.29, 0.717) is 10.0 Å². The molecule has 2 nitrogen and oxygen atoms in total. The van der Waals surface area contributed by atoms with E-state index in [-0.39, 0.29) is 7.43 Å². The van der Waals surface area contributed by atoms with Gasteiger partial charge in [-0.2, -0.15) is 0 Å². The molecule has 19 heavy (non-hydrogen) atoms. The number of aromatic nitrogens is 1. The monoisotopic (exact) mass is 334 g/mol. The molecule has 1 aromatic heterocycles. The predicted octanol–water partition coefficient (Wildman–Crippen LogP) is 4.89. The van der Waals surface area contributed by atoms with Gasteiger partial charge < -0.3 is 10.3 Å². The Morgan fingerprint density at radius 3 is 2.84 bits per heavy atom. The molecule has 2 rings (SSSR count). The van der Waals surface area contributed by atoms with E-state index in [4.69, 9.17) is 35.4 Å². The molecule has 0 aliphatic heterocycles. The fraction of sp³-hybridized carbons (Fsp3) is 0.308. The van der Waals surface area contributed by atoms with Crippen LogP contribution in [0.1, 0.15) is 13.0 Å². The lowest BCUT2D eigenvalue weighted by atomic mass is 10.1. The van der Waals surface area contributed by atoms with E-state index >= 15 is 0 Å². The third-order valence-electron chi connectivity index (χ3n) is 2.63. The number of hydrogen-bond acceptors (Lipinski definition) is 2. The van der Waals surface area contributed by atoms with Crippen LogP contribution in [0, 0.1) is 0 Å². The van der Waals surface area contributed by atoms with Gasteiger partial charge in [0.05, 0.1) is 5.02 Å². The van der Waals surface area contributed by atoms with Crippen molar-refractivity contribution in [3.8, 4) is 0 Å². The maximum atomic E-state index is 6.22. The number of halogens is 2. The van der Waals surface area contributed by atoms with Crippen molar-refractivity contribution in [1.82, 2.24) is 10.3 Å². The van der Waals surface area contributed by atoms with Crippen LogP contribution in [-0.2, 0) is 6.42 Å². The van der Waals surface area contributed by atoms with E-state index in [1.165, 1.54) is 17.3 Å². The van der Waals surface area contributed by atoms with E-state index in [9.17, 15) is 0 Å². The van der Waals surface area contributed by atoms with Gasteiger partial charge >= 0.3 is 0 Å². The normalized spacial score (nSPS) is 10.3. The summed E-state index contributed by atoms with van der Waals surface area (Å²) in [5.74, 6) is 0. The van der Waals surface area contributed by atoms with E-state index in [2.05, 4.69) is 10.3 Å². The number of benzene rings is 1. The lowest BCUT2D eigenvalue weighted by Crippen LogP contribution is -2.20. The van der Waals surface area contributed by atoms with Crippen LogP contribution in [0.25, 0.3) is 10.9 Å². The lowest BCUT2D eigenvalue weighted by Gasteiger charge is -2.05. The van der Waals surface area contributed by atoms with E-state index in [1.807, 2.05) is 18.5 Å². The SMILES string of the molecule is C.CSC(=S)NCCc1c[nH]c2cc(Cl)cc(Cl)c12. The summed E-state index contributed by atoms with van der Waals surface area (Å²) in [5.41, 5.74) is 2.14. The van der Waals surface area contributed by atoms with Gasteiger partial charge in [-0.15, -0.1) is 11.8 Å². The highest BCUT2D eigenvalue weighted by Crippen LogP contribution is 2.30. The zero-order valence-electron chi connectivity index (χ0n) is 9.72. The first-order valence-corrected chi connectivity index (χ1v) is 7.77. The molecule has 0 saturated carbocycles. The second-order valence-corrected chi connectivity index (χ2v) is 6.12. The van der Waals surface area contributed by atoms with Crippen LogP contribution in [0.4, 0.5) is 0 Å². The van der Waals surface area contributed by atoms with E-state index in [1.54, 1.807) is 6.07 Å². The van der Waals surface area contributed by atoms with Crippen LogP contribution in [-0.4, -0.2) is 22.1 Å². The van der Waals surface area contributed by atoms with E-state index in [0.717, 1.165) is 28.2 Å². The topological polar surface area (TPSA) is 27.8 Å². The van der Waals surface area contributed by atoms with E-state index < -0.39 is 0 Å². The quantitative estimate of drug-likeness (QED) is 0.782. The fourth-order valence-electron chi connectivity index (χ4n) is 1.82. The molecule has 1 aromatic carbocycles. The van der Waals surface area contributed by atoms with Crippen molar-refractivity contribution in [2.45, 2.75) is 13.8 Å². The summed E-state index contributed by atoms with van der Waals surface area (Å²) in [6.45, 7) is 0.797. The summed E-state index contributed by atoms with van der Waals surface area (Å²) in [5, 5.41) is 5.54. The van der Waals surface area contributed by atoms with Crippen LogP contribution in [0.3, 0.4) is 0 Å². The zero-order chi connectivity index (χ0) is 13.1. The molecule has 0 amide bonds. The fourth-order valence-corrected chi connectivity index (χ4v) is 2.78. The summed E-state index contributed by atoms with van der Waals surface area (Å²) >= 11 is 18.8. The molecule has 0 atom stereocenters. The van der Waals surface area contributed by atoms with Crippen molar-refractivity contribution in [3.05, 3.63) is 33.9 Å². The van der Waals surface area contributed by atoms with Gasteiger partial charge in [-0.25, -0.2) is 0 Å². The maximum absolute atomic E-state index is 6.22. The van der Waals surface area contributed by atoms with Crippen molar-refractivity contribution in [2.75, 3.05) is 12.8 Å². The first kappa shape index (κ1) is 16.6. The second kappa shape index (κ2) is 7.39. The molecule has 0 saturated heterocycles. The minimum absolute atomic E-state index is 0. The Labute approximate surface area is 133 Å². The largest absolute Gasteiger partial charge is 0.371 e. The Bertz CT molecular complexity index is 581. The Morgan fingerprint density at radius 1 is 1.42 bits per heavy atom. The number of hydrogen-bond donors (Lipinski definition) is 2. The van der Waals surface area contributed by atoms with Crippen LogP contribution in [0.15, 0.2) is 18.3 Å². The Kier molecular flexibility index (Phi) is 6.47. The number of rotatable bonds is 3. The third kappa shape index (κ3) is 4.02. The molecular formula is C13H16Cl2N2S2. The molecular weight excluding hydrogens is 319 g/mol. The molecule has 0 spiro atoms. The Balaban J connectivity index is 0.00000180. The zero-order valence-corrected chi connectivity index (χ0v) is 12.9. The molecule has 0 aliphatic rings.